The second-order valence-corrected chi connectivity index (χ2v) is 5.23. The van der Waals surface area contributed by atoms with Gasteiger partial charge in [-0.05, 0) is 24.6 Å². The van der Waals surface area contributed by atoms with E-state index in [9.17, 15) is 0 Å². The van der Waals surface area contributed by atoms with Crippen molar-refractivity contribution >= 4 is 0 Å². The molecule has 0 amide bonds. The molecule has 3 N–H and O–H groups in total. The third-order valence-corrected chi connectivity index (χ3v) is 3.68. The molecule has 0 aliphatic heterocycles. The Hall–Kier alpha value is -2.86. The molecule has 3 aromatic rings. The number of nitrogens with two attached hydrogens (primary N) is 1. The molecule has 1 unspecified atom stereocenters. The van der Waals surface area contributed by atoms with Crippen molar-refractivity contribution in [1.82, 2.24) is 15.2 Å². The summed E-state index contributed by atoms with van der Waals surface area (Å²) < 4.78 is 10.9. The van der Waals surface area contributed by atoms with Crippen molar-refractivity contribution in [2.45, 2.75) is 13.0 Å². The van der Waals surface area contributed by atoms with E-state index in [0.717, 1.165) is 11.1 Å². The van der Waals surface area contributed by atoms with Crippen LogP contribution in [0, 0.1) is 0 Å². The Morgan fingerprint density at radius 3 is 2.62 bits per heavy atom. The van der Waals surface area contributed by atoms with E-state index in [1.807, 2.05) is 55.5 Å². The highest BCUT2D eigenvalue weighted by Gasteiger charge is 2.17. The molecule has 1 aromatic heterocycles. The van der Waals surface area contributed by atoms with Crippen LogP contribution in [0.5, 0.6) is 11.5 Å². The van der Waals surface area contributed by atoms with Gasteiger partial charge in [0.25, 0.3) is 0 Å². The van der Waals surface area contributed by atoms with Crippen LogP contribution in [0.25, 0.3) is 11.4 Å². The highest BCUT2D eigenvalue weighted by Crippen LogP contribution is 2.31. The molecule has 0 bridgehead atoms. The minimum Gasteiger partial charge on any atom is -0.493 e. The lowest BCUT2D eigenvalue weighted by molar-refractivity contribution is 0.310. The summed E-state index contributed by atoms with van der Waals surface area (Å²) in [7, 11) is 1.61. The Balaban J connectivity index is 1.88. The van der Waals surface area contributed by atoms with Gasteiger partial charge in [0.15, 0.2) is 17.3 Å². The topological polar surface area (TPSA) is 86.0 Å². The average molecular weight is 324 g/mol. The SMILES string of the molecule is CCOc1cc(C(N)c2nc(-c3ccccc3)n[nH]2)ccc1OC. The average Bonchev–Trinajstić information content (AvgIpc) is 3.12. The molecule has 6 nitrogen and oxygen atoms in total. The summed E-state index contributed by atoms with van der Waals surface area (Å²) in [4.78, 5) is 4.51. The van der Waals surface area contributed by atoms with Crippen LogP contribution in [0.2, 0.25) is 0 Å². The summed E-state index contributed by atoms with van der Waals surface area (Å²) in [6.45, 7) is 2.48. The molecule has 0 spiro atoms. The summed E-state index contributed by atoms with van der Waals surface area (Å²) in [5.41, 5.74) is 8.15. The van der Waals surface area contributed by atoms with Crippen molar-refractivity contribution in [3.63, 3.8) is 0 Å². The van der Waals surface area contributed by atoms with E-state index in [1.165, 1.54) is 0 Å². The van der Waals surface area contributed by atoms with Crippen LogP contribution in [-0.2, 0) is 0 Å². The summed E-state index contributed by atoms with van der Waals surface area (Å²) in [6, 6.07) is 14.9. The molecule has 0 saturated heterocycles. The maximum Gasteiger partial charge on any atom is 0.181 e. The lowest BCUT2D eigenvalue weighted by Gasteiger charge is -2.14. The van der Waals surface area contributed by atoms with E-state index in [1.54, 1.807) is 7.11 Å². The predicted molar refractivity (Wildman–Crippen MR) is 92.0 cm³/mol. The first-order valence-electron chi connectivity index (χ1n) is 7.77. The molecule has 1 heterocycles. The molecule has 3 rings (SSSR count). The number of aromatic nitrogens is 3. The predicted octanol–water partition coefficient (Wildman–Crippen LogP) is 2.93. The number of hydrogen-bond donors (Lipinski definition) is 2. The highest BCUT2D eigenvalue weighted by molar-refractivity contribution is 5.54. The van der Waals surface area contributed by atoms with Crippen LogP contribution in [0.1, 0.15) is 24.4 Å². The van der Waals surface area contributed by atoms with Crippen LogP contribution in [0.15, 0.2) is 48.5 Å². The van der Waals surface area contributed by atoms with Crippen molar-refractivity contribution < 1.29 is 9.47 Å². The van der Waals surface area contributed by atoms with Gasteiger partial charge in [-0.1, -0.05) is 36.4 Å². The van der Waals surface area contributed by atoms with E-state index in [4.69, 9.17) is 15.2 Å². The van der Waals surface area contributed by atoms with E-state index >= 15 is 0 Å². The Morgan fingerprint density at radius 1 is 1.12 bits per heavy atom. The number of nitrogens with zero attached hydrogens (tertiary/aromatic N) is 2. The van der Waals surface area contributed by atoms with E-state index in [0.29, 0.717) is 29.8 Å². The summed E-state index contributed by atoms with van der Waals surface area (Å²) in [5.74, 6) is 2.56. The van der Waals surface area contributed by atoms with Gasteiger partial charge in [-0.25, -0.2) is 4.98 Å². The van der Waals surface area contributed by atoms with Crippen LogP contribution >= 0.6 is 0 Å². The van der Waals surface area contributed by atoms with Gasteiger partial charge in [0, 0.05) is 5.56 Å². The molecule has 24 heavy (non-hydrogen) atoms. The Kier molecular flexibility index (Phi) is 4.77. The Morgan fingerprint density at radius 2 is 1.92 bits per heavy atom. The molecule has 2 aromatic carbocycles. The lowest BCUT2D eigenvalue weighted by atomic mass is 10.1. The van der Waals surface area contributed by atoms with Crippen molar-refractivity contribution in [3.8, 4) is 22.9 Å². The van der Waals surface area contributed by atoms with Crippen LogP contribution in [0.4, 0.5) is 0 Å². The molecule has 124 valence electrons. The van der Waals surface area contributed by atoms with Crippen LogP contribution < -0.4 is 15.2 Å². The van der Waals surface area contributed by atoms with Gasteiger partial charge in [-0.2, -0.15) is 5.10 Å². The van der Waals surface area contributed by atoms with Gasteiger partial charge >= 0.3 is 0 Å². The normalized spacial score (nSPS) is 12.0. The maximum absolute atomic E-state index is 6.33. The number of rotatable bonds is 6. The van der Waals surface area contributed by atoms with Crippen molar-refractivity contribution in [2.24, 2.45) is 5.73 Å². The minimum atomic E-state index is -0.430. The van der Waals surface area contributed by atoms with E-state index in [-0.39, 0.29) is 0 Å². The first-order valence-corrected chi connectivity index (χ1v) is 7.77. The van der Waals surface area contributed by atoms with Crippen molar-refractivity contribution in [2.75, 3.05) is 13.7 Å². The van der Waals surface area contributed by atoms with Crippen molar-refractivity contribution in [1.29, 1.82) is 0 Å². The zero-order valence-corrected chi connectivity index (χ0v) is 13.7. The number of hydrogen-bond acceptors (Lipinski definition) is 5. The quantitative estimate of drug-likeness (QED) is 0.728. The van der Waals surface area contributed by atoms with Crippen molar-refractivity contribution in [3.05, 3.63) is 59.9 Å². The molecular formula is C18H20N4O2. The zero-order chi connectivity index (χ0) is 16.9. The van der Waals surface area contributed by atoms with Gasteiger partial charge in [-0.3, -0.25) is 5.10 Å². The van der Waals surface area contributed by atoms with Crippen LogP contribution in [-0.4, -0.2) is 28.9 Å². The van der Waals surface area contributed by atoms with E-state index < -0.39 is 6.04 Å². The highest BCUT2D eigenvalue weighted by atomic mass is 16.5. The molecule has 1 atom stereocenters. The standard InChI is InChI=1S/C18H20N4O2/c1-3-24-15-11-13(9-10-14(15)23-2)16(19)18-20-17(21-22-18)12-7-5-4-6-8-12/h4-11,16H,3,19H2,1-2H3,(H,20,21,22). The molecule has 0 radical (unpaired) electrons. The monoisotopic (exact) mass is 324 g/mol. The summed E-state index contributed by atoms with van der Waals surface area (Å²) in [6.07, 6.45) is 0. The zero-order valence-electron chi connectivity index (χ0n) is 13.7. The minimum absolute atomic E-state index is 0.430. The van der Waals surface area contributed by atoms with Gasteiger partial charge in [0.1, 0.15) is 5.82 Å². The lowest BCUT2D eigenvalue weighted by Crippen LogP contribution is -2.14. The molecule has 0 fully saturated rings. The van der Waals surface area contributed by atoms with Gasteiger partial charge in [-0.15, -0.1) is 0 Å². The first kappa shape index (κ1) is 16.0. The molecule has 6 heteroatoms. The van der Waals surface area contributed by atoms with E-state index in [2.05, 4.69) is 15.2 Å². The third kappa shape index (κ3) is 3.23. The fourth-order valence-electron chi connectivity index (χ4n) is 2.44. The Labute approximate surface area is 140 Å². The largest absolute Gasteiger partial charge is 0.493 e. The summed E-state index contributed by atoms with van der Waals surface area (Å²) in [5, 5.41) is 7.18. The number of methoxy groups -OCH3 is 1. The van der Waals surface area contributed by atoms with Gasteiger partial charge < -0.3 is 15.2 Å². The summed E-state index contributed by atoms with van der Waals surface area (Å²) >= 11 is 0. The maximum atomic E-state index is 6.33. The molecule has 0 aliphatic carbocycles. The first-order chi connectivity index (χ1) is 11.7. The number of ether oxygens (including phenoxy) is 2. The second kappa shape index (κ2) is 7.14. The van der Waals surface area contributed by atoms with Gasteiger partial charge in [0.05, 0.1) is 19.8 Å². The fraction of sp³-hybridized carbons (Fsp3) is 0.222. The molecular weight excluding hydrogens is 304 g/mol. The Bertz CT molecular complexity index is 802. The number of aromatic amines is 1. The third-order valence-electron chi connectivity index (χ3n) is 3.68. The second-order valence-electron chi connectivity index (χ2n) is 5.23. The smallest absolute Gasteiger partial charge is 0.181 e. The van der Waals surface area contributed by atoms with Gasteiger partial charge in [0.2, 0.25) is 0 Å². The number of benzene rings is 2. The number of nitrogens with one attached hydrogen (secondary N) is 1. The molecule has 0 aliphatic rings. The van der Waals surface area contributed by atoms with Crippen LogP contribution in [0.3, 0.4) is 0 Å². The number of H-pyrrole nitrogens is 1. The molecule has 0 saturated carbocycles. The fourth-order valence-corrected chi connectivity index (χ4v) is 2.44.